The van der Waals surface area contributed by atoms with Gasteiger partial charge in [0.2, 0.25) is 0 Å². The van der Waals surface area contributed by atoms with Crippen LogP contribution < -0.4 is 0 Å². The van der Waals surface area contributed by atoms with Crippen LogP contribution in [0.3, 0.4) is 0 Å². The topological polar surface area (TPSA) is 43.6 Å². The normalized spacial score (nSPS) is 12.2. The molecule has 0 aliphatic heterocycles. The third-order valence-corrected chi connectivity index (χ3v) is 7.94. The molecule has 1 unspecified atom stereocenters. The van der Waals surface area contributed by atoms with Gasteiger partial charge in [-0.2, -0.15) is 0 Å². The van der Waals surface area contributed by atoms with Gasteiger partial charge in [0, 0.05) is 41.5 Å². The van der Waals surface area contributed by atoms with E-state index in [0.717, 1.165) is 44.3 Å². The van der Waals surface area contributed by atoms with Crippen LogP contribution in [0.15, 0.2) is 122 Å². The largest absolute Gasteiger partial charge is 0.337 e. The molecule has 7 rings (SSSR count). The van der Waals surface area contributed by atoms with Gasteiger partial charge < -0.3 is 4.57 Å². The SMILES string of the molecule is Cc1ccc(C(c2ccc3nc(-c4cnc5ccccc5c4)cc(-c4cccc(C)c4)c3c2)c2cncn2C)cc1. The fourth-order valence-corrected chi connectivity index (χ4v) is 5.77. The van der Waals surface area contributed by atoms with E-state index in [2.05, 4.69) is 115 Å². The maximum Gasteiger partial charge on any atom is 0.0945 e. The van der Waals surface area contributed by atoms with Crippen LogP contribution in [0.5, 0.6) is 0 Å². The maximum atomic E-state index is 5.17. The zero-order chi connectivity index (χ0) is 27.9. The van der Waals surface area contributed by atoms with Crippen molar-refractivity contribution in [2.75, 3.05) is 0 Å². The van der Waals surface area contributed by atoms with Crippen molar-refractivity contribution < 1.29 is 0 Å². The summed E-state index contributed by atoms with van der Waals surface area (Å²) >= 11 is 0. The van der Waals surface area contributed by atoms with E-state index in [9.17, 15) is 0 Å². The van der Waals surface area contributed by atoms with Gasteiger partial charge in [-0.25, -0.2) is 9.97 Å². The lowest BCUT2D eigenvalue weighted by atomic mass is 9.86. The average Bonchev–Trinajstić information content (AvgIpc) is 3.42. The highest BCUT2D eigenvalue weighted by molar-refractivity contribution is 5.98. The molecular weight excluding hydrogens is 500 g/mol. The molecule has 0 N–H and O–H groups in total. The fraction of sp³-hybridized carbons (Fsp3) is 0.108. The lowest BCUT2D eigenvalue weighted by Gasteiger charge is -2.20. The van der Waals surface area contributed by atoms with Crippen molar-refractivity contribution in [3.63, 3.8) is 0 Å². The lowest BCUT2D eigenvalue weighted by molar-refractivity contribution is 0.793. The summed E-state index contributed by atoms with van der Waals surface area (Å²) in [7, 11) is 2.06. The van der Waals surface area contributed by atoms with Crippen molar-refractivity contribution >= 4 is 21.8 Å². The van der Waals surface area contributed by atoms with E-state index in [0.29, 0.717) is 0 Å². The van der Waals surface area contributed by atoms with Gasteiger partial charge in [0.05, 0.1) is 29.0 Å². The zero-order valence-corrected chi connectivity index (χ0v) is 23.4. The first-order chi connectivity index (χ1) is 20.0. The van der Waals surface area contributed by atoms with Crippen LogP contribution in [0.1, 0.15) is 33.9 Å². The first-order valence-electron chi connectivity index (χ1n) is 13.9. The third-order valence-electron chi connectivity index (χ3n) is 7.94. The Morgan fingerprint density at radius 2 is 1.49 bits per heavy atom. The molecule has 0 aliphatic carbocycles. The second kappa shape index (κ2) is 10.1. The summed E-state index contributed by atoms with van der Waals surface area (Å²) in [6.45, 7) is 4.27. The molecule has 0 aliphatic rings. The summed E-state index contributed by atoms with van der Waals surface area (Å²) in [6, 6.07) is 36.9. The van der Waals surface area contributed by atoms with Gasteiger partial charge in [0.15, 0.2) is 0 Å². The Labute approximate surface area is 240 Å². The van der Waals surface area contributed by atoms with E-state index in [1.165, 1.54) is 27.8 Å². The standard InChI is InChI=1S/C37H30N4/c1-24-11-13-26(14-12-24)37(36-22-38-23-41(36)3)29-15-16-34-32(19-29)31(27-9-6-7-25(2)17-27)20-35(40-34)30-18-28-8-4-5-10-33(28)39-21-30/h4-23,37H,1-3H3. The smallest absolute Gasteiger partial charge is 0.0945 e. The summed E-state index contributed by atoms with van der Waals surface area (Å²) in [4.78, 5) is 14.3. The van der Waals surface area contributed by atoms with Crippen LogP contribution in [0.25, 0.3) is 44.2 Å². The Bertz CT molecular complexity index is 2040. The van der Waals surface area contributed by atoms with Crippen molar-refractivity contribution in [1.82, 2.24) is 19.5 Å². The van der Waals surface area contributed by atoms with E-state index in [-0.39, 0.29) is 5.92 Å². The first-order valence-corrected chi connectivity index (χ1v) is 13.9. The second-order valence-corrected chi connectivity index (χ2v) is 10.9. The van der Waals surface area contributed by atoms with Gasteiger partial charge in [0.25, 0.3) is 0 Å². The number of hydrogen-bond acceptors (Lipinski definition) is 3. The molecule has 0 amide bonds. The minimum absolute atomic E-state index is 0.0437. The second-order valence-electron chi connectivity index (χ2n) is 10.9. The molecule has 0 spiro atoms. The molecule has 4 heteroatoms. The van der Waals surface area contributed by atoms with Gasteiger partial charge in [0.1, 0.15) is 0 Å². The van der Waals surface area contributed by atoms with Crippen LogP contribution in [0.2, 0.25) is 0 Å². The number of fused-ring (bicyclic) bond motifs is 2. The monoisotopic (exact) mass is 530 g/mol. The molecular formula is C37H30N4. The van der Waals surface area contributed by atoms with E-state index in [1.807, 2.05) is 36.9 Å². The zero-order valence-electron chi connectivity index (χ0n) is 23.4. The Hall–Kier alpha value is -5.09. The Balaban J connectivity index is 1.46. The Morgan fingerprint density at radius 3 is 2.29 bits per heavy atom. The molecule has 1 atom stereocenters. The fourth-order valence-electron chi connectivity index (χ4n) is 5.77. The van der Waals surface area contributed by atoms with E-state index in [1.54, 1.807) is 0 Å². The van der Waals surface area contributed by atoms with Crippen molar-refractivity contribution in [1.29, 1.82) is 0 Å². The summed E-state index contributed by atoms with van der Waals surface area (Å²) in [5.41, 5.74) is 12.3. The number of benzene rings is 4. The Morgan fingerprint density at radius 1 is 0.659 bits per heavy atom. The van der Waals surface area contributed by atoms with Crippen molar-refractivity contribution in [3.8, 4) is 22.4 Å². The average molecular weight is 531 g/mol. The molecule has 0 saturated carbocycles. The minimum Gasteiger partial charge on any atom is -0.337 e. The van der Waals surface area contributed by atoms with Crippen LogP contribution >= 0.6 is 0 Å². The van der Waals surface area contributed by atoms with Gasteiger partial charge in [-0.05, 0) is 66.4 Å². The highest BCUT2D eigenvalue weighted by atomic mass is 15.0. The van der Waals surface area contributed by atoms with Crippen molar-refractivity contribution in [3.05, 3.63) is 150 Å². The van der Waals surface area contributed by atoms with E-state index >= 15 is 0 Å². The third kappa shape index (κ3) is 4.68. The molecule has 0 saturated heterocycles. The van der Waals surface area contributed by atoms with Gasteiger partial charge in [-0.15, -0.1) is 0 Å². The molecule has 0 fully saturated rings. The van der Waals surface area contributed by atoms with Crippen LogP contribution in [0, 0.1) is 13.8 Å². The van der Waals surface area contributed by atoms with Gasteiger partial charge in [-0.3, -0.25) is 4.98 Å². The lowest BCUT2D eigenvalue weighted by Crippen LogP contribution is -2.08. The highest BCUT2D eigenvalue weighted by Gasteiger charge is 2.21. The number of rotatable bonds is 5. The molecule has 3 heterocycles. The van der Waals surface area contributed by atoms with Gasteiger partial charge >= 0.3 is 0 Å². The number of pyridine rings is 2. The molecule has 0 radical (unpaired) electrons. The van der Waals surface area contributed by atoms with Crippen LogP contribution in [0.4, 0.5) is 0 Å². The number of nitrogens with zero attached hydrogens (tertiary/aromatic N) is 4. The summed E-state index contributed by atoms with van der Waals surface area (Å²) < 4.78 is 2.12. The van der Waals surface area contributed by atoms with Crippen LogP contribution in [-0.4, -0.2) is 19.5 Å². The highest BCUT2D eigenvalue weighted by Crippen LogP contribution is 2.38. The number of aromatic nitrogens is 4. The molecule has 198 valence electrons. The summed E-state index contributed by atoms with van der Waals surface area (Å²) in [6.07, 6.45) is 5.78. The Kier molecular flexibility index (Phi) is 6.16. The quantitative estimate of drug-likeness (QED) is 0.224. The molecule has 7 aromatic rings. The predicted molar refractivity (Wildman–Crippen MR) is 168 cm³/mol. The summed E-state index contributed by atoms with van der Waals surface area (Å²) in [5, 5.41) is 2.24. The van der Waals surface area contributed by atoms with Crippen molar-refractivity contribution in [2.24, 2.45) is 7.05 Å². The predicted octanol–water partition coefficient (Wildman–Crippen LogP) is 8.65. The van der Waals surface area contributed by atoms with Crippen LogP contribution in [-0.2, 0) is 7.05 Å². The number of aryl methyl sites for hydroxylation is 3. The van der Waals surface area contributed by atoms with E-state index in [4.69, 9.17) is 9.97 Å². The van der Waals surface area contributed by atoms with Gasteiger partial charge in [-0.1, -0.05) is 83.9 Å². The number of imidazole rings is 1. The minimum atomic E-state index is 0.0437. The molecule has 3 aromatic heterocycles. The maximum absolute atomic E-state index is 5.17. The molecule has 0 bridgehead atoms. The molecule has 4 aromatic carbocycles. The molecule has 41 heavy (non-hydrogen) atoms. The first kappa shape index (κ1) is 24.9. The molecule has 4 nitrogen and oxygen atoms in total. The van der Waals surface area contributed by atoms with E-state index < -0.39 is 0 Å². The number of hydrogen-bond donors (Lipinski definition) is 0. The van der Waals surface area contributed by atoms with Crippen molar-refractivity contribution in [2.45, 2.75) is 19.8 Å². The number of para-hydroxylation sites is 1. The summed E-state index contributed by atoms with van der Waals surface area (Å²) in [5.74, 6) is 0.0437.